The number of hydrogen-bond donors (Lipinski definition) is 2. The Labute approximate surface area is 243 Å². The molecule has 43 heavy (non-hydrogen) atoms. The van der Waals surface area contributed by atoms with Crippen molar-refractivity contribution < 1.29 is 37.0 Å². The molecule has 5 rings (SSSR count). The number of benzene rings is 4. The first-order valence-electron chi connectivity index (χ1n) is 12.8. The van der Waals surface area contributed by atoms with Gasteiger partial charge in [0.1, 0.15) is 11.4 Å². The van der Waals surface area contributed by atoms with E-state index >= 15 is 0 Å². The highest BCUT2D eigenvalue weighted by Crippen LogP contribution is 2.39. The van der Waals surface area contributed by atoms with Crippen LogP contribution in [-0.4, -0.2) is 37.3 Å². The molecule has 0 atom stereocenters. The second-order valence-corrected chi connectivity index (χ2v) is 9.20. The monoisotopic (exact) mass is 587 g/mol. The molecule has 0 aliphatic carbocycles. The Morgan fingerprint density at radius 1 is 0.860 bits per heavy atom. The van der Waals surface area contributed by atoms with Crippen LogP contribution >= 0.6 is 0 Å². The summed E-state index contributed by atoms with van der Waals surface area (Å²) < 4.78 is 57.2. The lowest BCUT2D eigenvalue weighted by atomic mass is 10.0. The summed E-state index contributed by atoms with van der Waals surface area (Å²) in [6.45, 7) is 0. The van der Waals surface area contributed by atoms with Gasteiger partial charge >= 0.3 is 12.1 Å². The molecule has 5 aromatic rings. The fourth-order valence-electron chi connectivity index (χ4n) is 4.51. The molecule has 0 saturated heterocycles. The maximum Gasteiger partial charge on any atom is 0.418 e. The average Bonchev–Trinajstić information content (AvgIpc) is 3.41. The number of ether oxygens (including phenoxy) is 3. The van der Waals surface area contributed by atoms with Crippen LogP contribution in [0.2, 0.25) is 0 Å². The van der Waals surface area contributed by atoms with Gasteiger partial charge in [-0.25, -0.2) is 10.2 Å². The molecule has 0 aliphatic heterocycles. The maximum atomic E-state index is 13.7. The second kappa shape index (κ2) is 12.1. The molecule has 8 nitrogen and oxygen atoms in total. The molecule has 0 saturated carbocycles. The van der Waals surface area contributed by atoms with Gasteiger partial charge in [0.05, 0.1) is 37.1 Å². The molecule has 1 aromatic heterocycles. The number of methoxy groups -OCH3 is 2. The van der Waals surface area contributed by atoms with Gasteiger partial charge in [0.25, 0.3) is 5.91 Å². The highest BCUT2D eigenvalue weighted by Gasteiger charge is 2.34. The first-order chi connectivity index (χ1) is 20.7. The van der Waals surface area contributed by atoms with E-state index in [1.807, 2.05) is 0 Å². The molecular formula is C32H24F3N3O5. The molecule has 2 N–H and O–H groups in total. The van der Waals surface area contributed by atoms with Crippen molar-refractivity contribution in [2.75, 3.05) is 14.2 Å². The van der Waals surface area contributed by atoms with Crippen molar-refractivity contribution in [1.82, 2.24) is 10.4 Å². The maximum absolute atomic E-state index is 13.7. The minimum absolute atomic E-state index is 0.0765. The number of fused-ring (bicyclic) bond motifs is 1. The molecule has 0 spiro atoms. The molecule has 0 unspecified atom stereocenters. The van der Waals surface area contributed by atoms with Gasteiger partial charge in [0.2, 0.25) is 0 Å². The van der Waals surface area contributed by atoms with Crippen molar-refractivity contribution in [3.8, 4) is 28.4 Å². The molecule has 4 aromatic carbocycles. The fraction of sp³-hybridized carbons (Fsp3) is 0.0938. The number of para-hydroxylation sites is 1. The summed E-state index contributed by atoms with van der Waals surface area (Å²) in [4.78, 5) is 28.5. The van der Waals surface area contributed by atoms with Crippen LogP contribution in [0.3, 0.4) is 0 Å². The lowest BCUT2D eigenvalue weighted by Crippen LogP contribution is -2.19. The van der Waals surface area contributed by atoms with Crippen LogP contribution in [0.5, 0.6) is 17.2 Å². The summed E-state index contributed by atoms with van der Waals surface area (Å²) in [5, 5.41) is 4.23. The minimum Gasteiger partial charge on any atom is -0.497 e. The van der Waals surface area contributed by atoms with Crippen LogP contribution in [0.25, 0.3) is 22.0 Å². The van der Waals surface area contributed by atoms with Gasteiger partial charge in [-0.15, -0.1) is 0 Å². The molecule has 218 valence electrons. The highest BCUT2D eigenvalue weighted by molar-refractivity contribution is 6.10. The third-order valence-electron chi connectivity index (χ3n) is 6.50. The van der Waals surface area contributed by atoms with Crippen LogP contribution in [-0.2, 0) is 6.18 Å². The van der Waals surface area contributed by atoms with Crippen LogP contribution in [0.4, 0.5) is 13.2 Å². The number of halogens is 3. The third-order valence-corrected chi connectivity index (χ3v) is 6.50. The number of carbonyl (C=O) groups excluding carboxylic acids is 2. The number of hydrazone groups is 1. The predicted octanol–water partition coefficient (Wildman–Crippen LogP) is 6.85. The Balaban J connectivity index is 1.38. The number of rotatable bonds is 8. The van der Waals surface area contributed by atoms with Crippen LogP contribution < -0.4 is 19.6 Å². The van der Waals surface area contributed by atoms with E-state index in [0.717, 1.165) is 6.07 Å². The van der Waals surface area contributed by atoms with Crippen molar-refractivity contribution in [3.05, 3.63) is 113 Å². The SMILES string of the molecule is COc1cccc(C(=O)Oc2ccc(C=NNC(=O)c3[nH]c4c(C(F)(F)F)cccc4c3-c3ccccc3)cc2OC)c1. The standard InChI is InChI=1S/C32H24F3N3O5/c1-41-22-11-6-10-21(17-22)31(40)43-25-15-14-19(16-26(25)42-2)18-36-38-30(39)29-27(20-8-4-3-5-9-20)23-12-7-13-24(28(23)37-29)32(33,34)35/h3-18,37H,1-2H3,(H,38,39). The van der Waals surface area contributed by atoms with Gasteiger partial charge in [-0.2, -0.15) is 18.3 Å². The van der Waals surface area contributed by atoms with Gasteiger partial charge in [0, 0.05) is 10.9 Å². The van der Waals surface area contributed by atoms with Gasteiger partial charge in [-0.3, -0.25) is 4.79 Å². The summed E-state index contributed by atoms with van der Waals surface area (Å²) in [7, 11) is 2.89. The molecule has 0 bridgehead atoms. The van der Waals surface area contributed by atoms with Crippen molar-refractivity contribution in [2.24, 2.45) is 5.10 Å². The molecule has 11 heteroatoms. The van der Waals surface area contributed by atoms with E-state index in [1.54, 1.807) is 60.7 Å². The van der Waals surface area contributed by atoms with Gasteiger partial charge in [-0.1, -0.05) is 48.5 Å². The van der Waals surface area contributed by atoms with E-state index in [9.17, 15) is 22.8 Å². The third kappa shape index (κ3) is 6.20. The average molecular weight is 588 g/mol. The van der Waals surface area contributed by atoms with Crippen LogP contribution in [0.1, 0.15) is 32.0 Å². The van der Waals surface area contributed by atoms with E-state index in [0.29, 0.717) is 22.4 Å². The van der Waals surface area contributed by atoms with Crippen LogP contribution in [0.15, 0.2) is 96.1 Å². The zero-order valence-corrected chi connectivity index (χ0v) is 22.9. The Hall–Kier alpha value is -5.58. The van der Waals surface area contributed by atoms with Crippen molar-refractivity contribution in [2.45, 2.75) is 6.18 Å². The Bertz CT molecular complexity index is 1830. The summed E-state index contributed by atoms with van der Waals surface area (Å²) in [6.07, 6.45) is -3.31. The summed E-state index contributed by atoms with van der Waals surface area (Å²) >= 11 is 0. The van der Waals surface area contributed by atoms with E-state index in [2.05, 4.69) is 15.5 Å². The Morgan fingerprint density at radius 2 is 1.63 bits per heavy atom. The quantitative estimate of drug-likeness (QED) is 0.0895. The van der Waals surface area contributed by atoms with Gasteiger partial charge in [-0.05, 0) is 53.6 Å². The van der Waals surface area contributed by atoms with Crippen molar-refractivity contribution in [3.63, 3.8) is 0 Å². The van der Waals surface area contributed by atoms with Crippen LogP contribution in [0, 0.1) is 0 Å². The van der Waals surface area contributed by atoms with E-state index < -0.39 is 23.6 Å². The smallest absolute Gasteiger partial charge is 0.418 e. The number of H-pyrrole nitrogens is 1. The molecule has 0 aliphatic rings. The van der Waals surface area contributed by atoms with Gasteiger partial charge < -0.3 is 19.2 Å². The molecular weight excluding hydrogens is 563 g/mol. The zero-order chi connectivity index (χ0) is 30.6. The summed E-state index contributed by atoms with van der Waals surface area (Å²) in [5.41, 5.74) is 2.85. The van der Waals surface area contributed by atoms with Crippen molar-refractivity contribution in [1.29, 1.82) is 0 Å². The number of aromatic amines is 1. The normalized spacial score (nSPS) is 11.5. The van der Waals surface area contributed by atoms with Gasteiger partial charge in [0.15, 0.2) is 11.5 Å². The molecule has 1 heterocycles. The fourth-order valence-corrected chi connectivity index (χ4v) is 4.51. The van der Waals surface area contributed by atoms with E-state index in [1.165, 1.54) is 44.7 Å². The number of amides is 1. The number of esters is 1. The molecule has 0 fully saturated rings. The summed E-state index contributed by atoms with van der Waals surface area (Å²) in [6, 6.07) is 23.5. The minimum atomic E-state index is -4.63. The Morgan fingerprint density at radius 3 is 2.35 bits per heavy atom. The second-order valence-electron chi connectivity index (χ2n) is 9.20. The number of carbonyl (C=O) groups is 2. The highest BCUT2D eigenvalue weighted by atomic mass is 19.4. The first-order valence-corrected chi connectivity index (χ1v) is 12.8. The zero-order valence-electron chi connectivity index (χ0n) is 22.9. The summed E-state index contributed by atoms with van der Waals surface area (Å²) in [5.74, 6) is -0.475. The number of hydrogen-bond acceptors (Lipinski definition) is 6. The van der Waals surface area contributed by atoms with E-state index in [-0.39, 0.29) is 33.7 Å². The number of nitrogens with zero attached hydrogens (tertiary/aromatic N) is 1. The first kappa shape index (κ1) is 28.9. The number of aromatic nitrogens is 1. The largest absolute Gasteiger partial charge is 0.497 e. The van der Waals surface area contributed by atoms with Crippen molar-refractivity contribution >= 4 is 29.0 Å². The Kier molecular flexibility index (Phi) is 8.15. The van der Waals surface area contributed by atoms with E-state index in [4.69, 9.17) is 14.2 Å². The lowest BCUT2D eigenvalue weighted by molar-refractivity contribution is -0.136. The predicted molar refractivity (Wildman–Crippen MR) is 155 cm³/mol. The lowest BCUT2D eigenvalue weighted by Gasteiger charge is -2.10. The number of alkyl halides is 3. The topological polar surface area (TPSA) is 102 Å². The number of nitrogens with one attached hydrogen (secondary N) is 2. The molecule has 1 amide bonds. The molecule has 0 radical (unpaired) electrons.